The van der Waals surface area contributed by atoms with Crippen LogP contribution in [0.1, 0.15) is 111 Å². The van der Waals surface area contributed by atoms with Crippen LogP contribution < -0.4 is 47.6 Å². The van der Waals surface area contributed by atoms with Crippen molar-refractivity contribution in [3.8, 4) is 22.3 Å². The average molecular weight is 774 g/mol. The van der Waals surface area contributed by atoms with Gasteiger partial charge in [-0.1, -0.05) is 162 Å². The van der Waals surface area contributed by atoms with Crippen LogP contribution in [-0.4, -0.2) is 9.52 Å². The van der Waals surface area contributed by atoms with E-state index in [2.05, 4.69) is 160 Å². The molecule has 0 nitrogen and oxygen atoms in total. The number of hydrogen-bond acceptors (Lipinski definition) is 0. The number of aryl methyl sites for hydroxylation is 4. The molecule has 0 N–H and O–H groups in total. The van der Waals surface area contributed by atoms with Gasteiger partial charge in [0.15, 0.2) is 0 Å². The molecule has 6 rings (SSSR count). The molecule has 50 heavy (non-hydrogen) atoms. The molecule has 5 aromatic carbocycles. The van der Waals surface area contributed by atoms with E-state index in [4.69, 9.17) is 0 Å². The first-order valence-electron chi connectivity index (χ1n) is 17.3. The standard InChI is InChI=1S/C45H51Si.3ClH.Ti/c1-11-30-20-31(12-2)22-32(21-30)39-26-40-37-15-13-14-16-38(37)43(33-23-34(44(5,6)7)25-35(24-33)45(8,9)10)41(40)27-42(39)46-36-18-28(3)17-29(4)19-36;;;;/h13-26,43H,11-12,46H2,1-10H3;3*1H;/q-1;;;;+4/p-3. The molecule has 1 atom stereocenters. The van der Waals surface area contributed by atoms with E-state index in [9.17, 15) is 0 Å². The zero-order chi connectivity index (χ0) is 33.0. The number of benzene rings is 5. The van der Waals surface area contributed by atoms with E-state index in [0.717, 1.165) is 12.8 Å². The van der Waals surface area contributed by atoms with Crippen molar-refractivity contribution >= 4 is 19.9 Å². The SMILES string of the molecule is CCc1cc(CC)cc(-c2cc3c([c-]c2[SiH2]c2cc(C)cc(C)c2)C(c2cc(C(C)(C)C)cc(C(C)(C)C)c2)c2ccccc2-3)c1.[Cl-].[Cl-].[Cl-].[Ti+4]. The van der Waals surface area contributed by atoms with Gasteiger partial charge in [-0.2, -0.15) is 17.3 Å². The molecule has 1 unspecified atom stereocenters. The van der Waals surface area contributed by atoms with Gasteiger partial charge in [-0.05, 0) is 70.9 Å². The first-order chi connectivity index (χ1) is 21.7. The maximum Gasteiger partial charge on any atom is 4.00 e. The Morgan fingerprint density at radius 2 is 1.16 bits per heavy atom. The molecule has 0 fully saturated rings. The summed E-state index contributed by atoms with van der Waals surface area (Å²) in [5.41, 5.74) is 18.1. The fourth-order valence-corrected chi connectivity index (χ4v) is 9.37. The predicted molar refractivity (Wildman–Crippen MR) is 203 cm³/mol. The van der Waals surface area contributed by atoms with Gasteiger partial charge >= 0.3 is 21.7 Å². The van der Waals surface area contributed by atoms with Gasteiger partial charge in [0, 0.05) is 5.92 Å². The molecule has 0 bridgehead atoms. The van der Waals surface area contributed by atoms with Gasteiger partial charge in [0.25, 0.3) is 0 Å². The first kappa shape index (κ1) is 44.1. The monoisotopic (exact) mass is 772 g/mol. The van der Waals surface area contributed by atoms with Gasteiger partial charge in [-0.3, -0.25) is 0 Å². The summed E-state index contributed by atoms with van der Waals surface area (Å²) in [6.07, 6.45) is 2.09. The van der Waals surface area contributed by atoms with Crippen LogP contribution in [0, 0.1) is 19.9 Å². The van der Waals surface area contributed by atoms with Gasteiger partial charge < -0.3 is 37.2 Å². The van der Waals surface area contributed by atoms with Crippen molar-refractivity contribution in [2.24, 2.45) is 0 Å². The topological polar surface area (TPSA) is 0 Å². The van der Waals surface area contributed by atoms with E-state index in [1.54, 1.807) is 0 Å². The molecule has 1 aliphatic carbocycles. The number of hydrogen-bond donors (Lipinski definition) is 0. The summed E-state index contributed by atoms with van der Waals surface area (Å²) < 4.78 is 0. The summed E-state index contributed by atoms with van der Waals surface area (Å²) in [7, 11) is -0.810. The molecular weight excluding hydrogens is 723 g/mol. The van der Waals surface area contributed by atoms with Crippen LogP contribution in [0.15, 0.2) is 84.9 Å². The Morgan fingerprint density at radius 3 is 1.68 bits per heavy atom. The molecule has 0 aliphatic heterocycles. The summed E-state index contributed by atoms with van der Waals surface area (Å²) in [5.74, 6) is 0.170. The van der Waals surface area contributed by atoms with Crippen LogP contribution in [0.5, 0.6) is 0 Å². The third-order valence-electron chi connectivity index (χ3n) is 9.90. The quantitative estimate of drug-likeness (QED) is 0.174. The molecule has 0 heterocycles. The van der Waals surface area contributed by atoms with Crippen LogP contribution in [0.4, 0.5) is 0 Å². The van der Waals surface area contributed by atoms with Gasteiger partial charge in [-0.25, -0.2) is 0 Å². The van der Waals surface area contributed by atoms with E-state index in [-0.39, 0.29) is 75.7 Å². The Morgan fingerprint density at radius 1 is 0.620 bits per heavy atom. The summed E-state index contributed by atoms with van der Waals surface area (Å²) >= 11 is 0. The Bertz CT molecular complexity index is 1870. The Balaban J connectivity index is 0.00000217. The minimum atomic E-state index is -0.810. The molecule has 0 aromatic heterocycles. The van der Waals surface area contributed by atoms with Crippen LogP contribution in [0.25, 0.3) is 22.3 Å². The predicted octanol–water partition coefficient (Wildman–Crippen LogP) is 0.780. The molecule has 0 amide bonds. The summed E-state index contributed by atoms with van der Waals surface area (Å²) in [6, 6.07) is 37.7. The van der Waals surface area contributed by atoms with Crippen LogP contribution in [0.3, 0.4) is 0 Å². The zero-order valence-electron chi connectivity index (χ0n) is 31.4. The molecule has 0 saturated heterocycles. The summed E-state index contributed by atoms with van der Waals surface area (Å²) in [6.45, 7) is 23.1. The minimum absolute atomic E-state index is 0. The summed E-state index contributed by atoms with van der Waals surface area (Å²) in [5, 5.41) is 2.93. The van der Waals surface area contributed by atoms with Crippen molar-refractivity contribution in [3.63, 3.8) is 0 Å². The second-order valence-corrected chi connectivity index (χ2v) is 17.6. The average Bonchev–Trinajstić information content (AvgIpc) is 3.32. The minimum Gasteiger partial charge on any atom is -1.00 e. The van der Waals surface area contributed by atoms with Crippen molar-refractivity contribution in [1.29, 1.82) is 0 Å². The zero-order valence-corrected chi connectivity index (χ0v) is 36.7. The maximum absolute atomic E-state index is 4.23. The van der Waals surface area contributed by atoms with E-state index in [1.165, 1.54) is 82.7 Å². The molecule has 0 saturated carbocycles. The van der Waals surface area contributed by atoms with E-state index in [1.807, 2.05) is 0 Å². The Labute approximate surface area is 338 Å². The molecule has 0 spiro atoms. The molecule has 1 aliphatic rings. The van der Waals surface area contributed by atoms with E-state index >= 15 is 0 Å². The van der Waals surface area contributed by atoms with Gasteiger partial charge in [-0.15, -0.1) is 16.7 Å². The van der Waals surface area contributed by atoms with Crippen molar-refractivity contribution in [1.82, 2.24) is 0 Å². The largest absolute Gasteiger partial charge is 4.00 e. The third-order valence-corrected chi connectivity index (χ3v) is 11.6. The van der Waals surface area contributed by atoms with Crippen LogP contribution in [0.2, 0.25) is 0 Å². The first-order valence-corrected chi connectivity index (χ1v) is 18.7. The second-order valence-electron chi connectivity index (χ2n) is 15.8. The molecule has 260 valence electrons. The Kier molecular flexibility index (Phi) is 15.1. The smallest absolute Gasteiger partial charge is 1.00 e. The van der Waals surface area contributed by atoms with E-state index in [0.29, 0.717) is 0 Å². The number of fused-ring (bicyclic) bond motifs is 3. The number of rotatable bonds is 6. The normalized spacial score (nSPS) is 13.4. The fraction of sp³-hybridized carbons (Fsp3) is 0.333. The second kappa shape index (κ2) is 17.2. The fourth-order valence-electron chi connectivity index (χ4n) is 7.34. The maximum atomic E-state index is 4.23. The van der Waals surface area contributed by atoms with Crippen molar-refractivity contribution in [2.45, 2.75) is 98.8 Å². The van der Waals surface area contributed by atoms with Gasteiger partial charge in [0.05, 0.1) is 9.52 Å². The third kappa shape index (κ3) is 9.09. The number of halogens is 3. The van der Waals surface area contributed by atoms with Crippen molar-refractivity contribution < 1.29 is 58.9 Å². The Hall–Kier alpha value is -2.10. The summed E-state index contributed by atoms with van der Waals surface area (Å²) in [4.78, 5) is 0. The molecular formula is C45H51Cl3SiTi. The van der Waals surface area contributed by atoms with Gasteiger partial charge in [0.1, 0.15) is 0 Å². The molecule has 0 radical (unpaired) electrons. The van der Waals surface area contributed by atoms with Crippen LogP contribution in [-0.2, 0) is 45.4 Å². The van der Waals surface area contributed by atoms with Crippen molar-refractivity contribution in [3.05, 3.63) is 141 Å². The van der Waals surface area contributed by atoms with Gasteiger partial charge in [0.2, 0.25) is 0 Å². The van der Waals surface area contributed by atoms with E-state index < -0.39 is 9.52 Å². The van der Waals surface area contributed by atoms with Crippen LogP contribution >= 0.6 is 0 Å². The molecule has 5 aromatic rings. The molecule has 5 heteroatoms. The van der Waals surface area contributed by atoms with Crippen molar-refractivity contribution in [2.75, 3.05) is 0 Å².